The van der Waals surface area contributed by atoms with E-state index < -0.39 is 6.10 Å². The third-order valence-corrected chi connectivity index (χ3v) is 7.23. The van der Waals surface area contributed by atoms with Crippen molar-refractivity contribution >= 4 is 45.1 Å². The molecule has 8 nitrogen and oxygen atoms in total. The van der Waals surface area contributed by atoms with Crippen LogP contribution < -0.4 is 5.32 Å². The molecule has 2 aliphatic rings. The van der Waals surface area contributed by atoms with E-state index >= 15 is 0 Å². The number of methoxy groups -OCH3 is 1. The number of aliphatic hydroxyl groups is 1. The molecular weight excluding hydrogens is 512 g/mol. The monoisotopic (exact) mass is 544 g/mol. The van der Waals surface area contributed by atoms with E-state index in [1.54, 1.807) is 12.0 Å². The van der Waals surface area contributed by atoms with Gasteiger partial charge in [-0.1, -0.05) is 22.9 Å². The summed E-state index contributed by atoms with van der Waals surface area (Å²) in [5.74, 6) is -0.235. The van der Waals surface area contributed by atoms with Gasteiger partial charge in [0.25, 0.3) is 11.8 Å². The lowest BCUT2D eigenvalue weighted by atomic mass is 10.0. The van der Waals surface area contributed by atoms with Crippen LogP contribution >= 0.6 is 15.9 Å². The van der Waals surface area contributed by atoms with Gasteiger partial charge in [0.2, 0.25) is 0 Å². The first kappa shape index (κ1) is 25.6. The summed E-state index contributed by atoms with van der Waals surface area (Å²) in [4.78, 5) is 33.5. The molecule has 2 aliphatic heterocycles. The summed E-state index contributed by atoms with van der Waals surface area (Å²) < 4.78 is 6.04. The molecule has 0 unspecified atom stereocenters. The molecule has 0 fully saturated rings. The van der Waals surface area contributed by atoms with Crippen LogP contribution in [0.3, 0.4) is 0 Å². The lowest BCUT2D eigenvalue weighted by Crippen LogP contribution is -2.43. The van der Waals surface area contributed by atoms with Crippen molar-refractivity contribution in [1.29, 1.82) is 0 Å². The topological polar surface area (TPSA) is 97.9 Å². The molecule has 0 radical (unpaired) electrons. The Kier molecular flexibility index (Phi) is 8.11. The predicted octanol–water partition coefficient (Wildman–Crippen LogP) is 3.30. The lowest BCUT2D eigenvalue weighted by Gasteiger charge is -2.28. The number of aryl methyl sites for hydroxylation is 1. The van der Waals surface area contributed by atoms with Gasteiger partial charge in [-0.25, -0.2) is 0 Å². The molecule has 2 aromatic rings. The summed E-state index contributed by atoms with van der Waals surface area (Å²) in [6.45, 7) is 7.49. The second-order valence-corrected chi connectivity index (χ2v) is 10.0. The first-order chi connectivity index (χ1) is 16.8. The molecule has 0 aliphatic carbocycles. The molecule has 4 rings (SSSR count). The number of aliphatic hydroxyl groups excluding tert-OH is 1. The van der Waals surface area contributed by atoms with E-state index in [4.69, 9.17) is 4.74 Å². The van der Waals surface area contributed by atoms with Crippen molar-refractivity contribution in [1.82, 2.24) is 14.8 Å². The van der Waals surface area contributed by atoms with E-state index in [-0.39, 0.29) is 18.4 Å². The van der Waals surface area contributed by atoms with Gasteiger partial charge in [-0.05, 0) is 56.1 Å². The third kappa shape index (κ3) is 5.53. The van der Waals surface area contributed by atoms with Crippen molar-refractivity contribution in [2.75, 3.05) is 51.8 Å². The maximum atomic E-state index is 13.5. The quantitative estimate of drug-likeness (QED) is 0.421. The molecule has 1 atom stereocenters. The molecule has 2 amide bonds. The number of likely N-dealkylation sites (N-methyl/N-ethyl adjacent to an activating group) is 1. The highest BCUT2D eigenvalue weighted by Gasteiger charge is 2.30. The summed E-state index contributed by atoms with van der Waals surface area (Å²) in [5.41, 5.74) is 5.31. The molecule has 1 aromatic heterocycles. The van der Waals surface area contributed by atoms with E-state index in [1.807, 2.05) is 38.1 Å². The summed E-state index contributed by atoms with van der Waals surface area (Å²) in [7, 11) is 1.66. The van der Waals surface area contributed by atoms with Gasteiger partial charge in [-0.3, -0.25) is 14.5 Å². The number of aromatic amines is 1. The largest absolute Gasteiger partial charge is 0.390 e. The molecule has 0 saturated heterocycles. The standard InChI is InChI=1S/C26H33BrN4O4/c1-4-30(10-11-35-3)14-18(32)15-31-9-5-6-22-24(26(31)34)16(2)23(28-22)13-20-19-12-17(27)7-8-21(19)29-25(20)33/h7-8,12-13,18,28,32H,4-6,9-11,14-15H2,1-3H3,(H,29,33)/b20-13-/t18-/m1/s1. The first-order valence-electron chi connectivity index (χ1n) is 12.0. The summed E-state index contributed by atoms with van der Waals surface area (Å²) in [6, 6.07) is 5.68. The van der Waals surface area contributed by atoms with Crippen molar-refractivity contribution in [2.45, 2.75) is 32.8 Å². The van der Waals surface area contributed by atoms with Crippen molar-refractivity contribution in [2.24, 2.45) is 0 Å². The summed E-state index contributed by atoms with van der Waals surface area (Å²) in [6.07, 6.45) is 2.73. The highest BCUT2D eigenvalue weighted by Crippen LogP contribution is 2.36. The second-order valence-electron chi connectivity index (χ2n) is 9.11. The number of benzene rings is 1. The Morgan fingerprint density at radius 2 is 2.14 bits per heavy atom. The van der Waals surface area contributed by atoms with Crippen LogP contribution in [-0.2, 0) is 16.0 Å². The predicted molar refractivity (Wildman–Crippen MR) is 140 cm³/mol. The molecule has 3 N–H and O–H groups in total. The minimum Gasteiger partial charge on any atom is -0.390 e. The number of β-amino-alcohol motifs (C(OH)–C–C–N with tert-alkyl or cyclic N) is 1. The Morgan fingerprint density at radius 1 is 1.34 bits per heavy atom. The smallest absolute Gasteiger partial charge is 0.256 e. The van der Waals surface area contributed by atoms with Crippen LogP contribution in [0.25, 0.3) is 11.6 Å². The fourth-order valence-corrected chi connectivity index (χ4v) is 5.20. The van der Waals surface area contributed by atoms with Gasteiger partial charge in [0, 0.05) is 60.4 Å². The second kappa shape index (κ2) is 11.1. The van der Waals surface area contributed by atoms with Crippen LogP contribution in [0.15, 0.2) is 22.7 Å². The van der Waals surface area contributed by atoms with Crippen LogP contribution in [0.2, 0.25) is 0 Å². The maximum absolute atomic E-state index is 13.5. The van der Waals surface area contributed by atoms with E-state index in [0.29, 0.717) is 30.8 Å². The SMILES string of the molecule is CCN(CCOC)C[C@@H](O)CN1CCCc2[nH]c(/C=C3\C(=O)Nc4ccc(Br)cc43)c(C)c2C1=O. The number of amides is 2. The molecule has 0 bridgehead atoms. The molecule has 188 valence electrons. The van der Waals surface area contributed by atoms with Crippen molar-refractivity contribution in [3.05, 3.63) is 50.8 Å². The molecule has 0 saturated carbocycles. The number of nitrogens with one attached hydrogen (secondary N) is 2. The van der Waals surface area contributed by atoms with Gasteiger partial charge in [-0.15, -0.1) is 0 Å². The van der Waals surface area contributed by atoms with Gasteiger partial charge >= 0.3 is 0 Å². The van der Waals surface area contributed by atoms with Gasteiger partial charge in [0.15, 0.2) is 0 Å². The van der Waals surface area contributed by atoms with Gasteiger partial charge < -0.3 is 25.0 Å². The van der Waals surface area contributed by atoms with Crippen molar-refractivity contribution in [3.63, 3.8) is 0 Å². The zero-order chi connectivity index (χ0) is 25.1. The number of anilines is 1. The van der Waals surface area contributed by atoms with E-state index in [0.717, 1.165) is 58.6 Å². The molecule has 3 heterocycles. The Hall–Kier alpha value is -2.46. The van der Waals surface area contributed by atoms with Crippen molar-refractivity contribution < 1.29 is 19.4 Å². The highest BCUT2D eigenvalue weighted by atomic mass is 79.9. The number of aromatic nitrogens is 1. The average Bonchev–Trinajstić information content (AvgIpc) is 3.25. The molecule has 1 aromatic carbocycles. The first-order valence-corrected chi connectivity index (χ1v) is 12.8. The van der Waals surface area contributed by atoms with E-state index in [9.17, 15) is 14.7 Å². The minimum absolute atomic E-state index is 0.0751. The molecular formula is C26H33BrN4O4. The Balaban J connectivity index is 1.55. The Morgan fingerprint density at radius 3 is 2.89 bits per heavy atom. The van der Waals surface area contributed by atoms with Crippen molar-refractivity contribution in [3.8, 4) is 0 Å². The number of hydrogen-bond acceptors (Lipinski definition) is 5. The zero-order valence-corrected chi connectivity index (χ0v) is 22.1. The normalized spacial score (nSPS) is 17.5. The third-order valence-electron chi connectivity index (χ3n) is 6.73. The Labute approximate surface area is 214 Å². The number of H-pyrrole nitrogens is 1. The van der Waals surface area contributed by atoms with E-state index in [1.165, 1.54) is 0 Å². The van der Waals surface area contributed by atoms with Crippen LogP contribution in [0, 0.1) is 6.92 Å². The number of ether oxygens (including phenoxy) is 1. The number of hydrogen-bond donors (Lipinski definition) is 3. The van der Waals surface area contributed by atoms with Crippen LogP contribution in [0.5, 0.6) is 0 Å². The maximum Gasteiger partial charge on any atom is 0.256 e. The highest BCUT2D eigenvalue weighted by molar-refractivity contribution is 9.10. The fraction of sp³-hybridized carbons (Fsp3) is 0.462. The van der Waals surface area contributed by atoms with Gasteiger partial charge in [0.1, 0.15) is 0 Å². The fourth-order valence-electron chi connectivity index (χ4n) is 4.84. The average molecular weight is 545 g/mol. The number of halogens is 1. The summed E-state index contributed by atoms with van der Waals surface area (Å²) >= 11 is 3.48. The van der Waals surface area contributed by atoms with Crippen LogP contribution in [0.4, 0.5) is 5.69 Å². The zero-order valence-electron chi connectivity index (χ0n) is 20.5. The summed E-state index contributed by atoms with van der Waals surface area (Å²) in [5, 5.41) is 13.6. The molecule has 35 heavy (non-hydrogen) atoms. The number of nitrogens with zero attached hydrogens (tertiary/aromatic N) is 2. The Bertz CT molecular complexity index is 1140. The number of fused-ring (bicyclic) bond motifs is 2. The molecule has 0 spiro atoms. The van der Waals surface area contributed by atoms with Gasteiger partial charge in [0.05, 0.1) is 23.8 Å². The van der Waals surface area contributed by atoms with Gasteiger partial charge in [-0.2, -0.15) is 0 Å². The number of carbonyl (C=O) groups is 2. The molecule has 9 heteroatoms. The van der Waals surface area contributed by atoms with E-state index in [2.05, 4.69) is 31.1 Å². The number of carbonyl (C=O) groups excluding carboxylic acids is 2. The lowest BCUT2D eigenvalue weighted by molar-refractivity contribution is -0.110. The minimum atomic E-state index is -0.643. The van der Waals surface area contributed by atoms with Crippen LogP contribution in [-0.4, -0.2) is 84.2 Å². The van der Waals surface area contributed by atoms with Crippen LogP contribution in [0.1, 0.15) is 46.2 Å². The number of rotatable bonds is 9.